The van der Waals surface area contributed by atoms with Crippen molar-refractivity contribution in [3.05, 3.63) is 174 Å². The molecular weight excluding hydrogens is 591 g/mol. The number of para-hydroxylation sites is 3. The molecule has 1 aliphatic rings. The minimum absolute atomic E-state index is 0.0502. The summed E-state index contributed by atoms with van der Waals surface area (Å²) in [6, 6.07) is 56.2. The average Bonchev–Trinajstić information content (AvgIpc) is 3.66. The number of aliphatic imine (C=N–C) groups is 1. The van der Waals surface area contributed by atoms with Gasteiger partial charge in [-0.2, -0.15) is 0 Å². The third-order valence-electron chi connectivity index (χ3n) is 9.27. The summed E-state index contributed by atoms with van der Waals surface area (Å²) in [6.45, 7) is 2.27. The lowest BCUT2D eigenvalue weighted by Gasteiger charge is -2.28. The van der Waals surface area contributed by atoms with Crippen LogP contribution in [-0.2, 0) is 0 Å². The fraction of sp³-hybridized carbons (Fsp3) is 0.0465. The van der Waals surface area contributed by atoms with Gasteiger partial charge < -0.3 is 9.88 Å². The molecule has 2 aromatic heterocycles. The Morgan fingerprint density at radius 3 is 2.06 bits per heavy atom. The van der Waals surface area contributed by atoms with Crippen molar-refractivity contribution in [1.82, 2.24) is 4.57 Å². The SMILES string of the molecule is Cc1c(-c2c(-c3ccccc3)c3ccccc3n2-c2ccc(C3=Nc4ccccc4NC3c3ccccc3)cc2)sc2ccccc12. The number of anilines is 1. The van der Waals surface area contributed by atoms with Crippen molar-refractivity contribution in [2.75, 3.05) is 5.32 Å². The zero-order valence-electron chi connectivity index (χ0n) is 25.9. The molecule has 0 radical (unpaired) electrons. The number of aryl methyl sites for hydroxylation is 1. The maximum absolute atomic E-state index is 5.22. The number of thiophene rings is 1. The zero-order valence-corrected chi connectivity index (χ0v) is 26.7. The monoisotopic (exact) mass is 621 g/mol. The van der Waals surface area contributed by atoms with Crippen molar-refractivity contribution >= 4 is 49.4 Å². The average molecular weight is 622 g/mol. The predicted octanol–water partition coefficient (Wildman–Crippen LogP) is 11.8. The Balaban J connectivity index is 1.26. The molecule has 3 nitrogen and oxygen atoms in total. The second-order valence-corrected chi connectivity index (χ2v) is 13.1. The normalized spacial score (nSPS) is 14.1. The fourth-order valence-corrected chi connectivity index (χ4v) is 8.28. The van der Waals surface area contributed by atoms with Gasteiger partial charge in [0, 0.05) is 21.3 Å². The second-order valence-electron chi connectivity index (χ2n) is 12.0. The van der Waals surface area contributed by atoms with E-state index in [2.05, 4.69) is 168 Å². The highest BCUT2D eigenvalue weighted by atomic mass is 32.1. The molecule has 4 heteroatoms. The van der Waals surface area contributed by atoms with Crippen LogP contribution in [0.25, 0.3) is 48.4 Å². The van der Waals surface area contributed by atoms with Gasteiger partial charge in [-0.25, -0.2) is 4.99 Å². The lowest BCUT2D eigenvalue weighted by Crippen LogP contribution is -2.24. The molecule has 1 atom stereocenters. The topological polar surface area (TPSA) is 29.3 Å². The summed E-state index contributed by atoms with van der Waals surface area (Å²) in [7, 11) is 0. The van der Waals surface area contributed by atoms with Crippen LogP contribution in [0.3, 0.4) is 0 Å². The Morgan fingerprint density at radius 2 is 1.28 bits per heavy atom. The van der Waals surface area contributed by atoms with E-state index in [1.165, 1.54) is 53.8 Å². The molecule has 0 fully saturated rings. The van der Waals surface area contributed by atoms with E-state index in [9.17, 15) is 0 Å². The van der Waals surface area contributed by atoms with Gasteiger partial charge in [-0.05, 0) is 71.0 Å². The van der Waals surface area contributed by atoms with E-state index >= 15 is 0 Å². The first-order chi connectivity index (χ1) is 23.2. The standard InChI is InChI=1S/C43H31N3S/c1-28-33-18-9-13-23-38(33)47-43(28)42-39(29-14-4-2-5-15-29)34-19-8-12-22-37(34)46(42)32-26-24-31(25-27-32)41-40(30-16-6-3-7-17-30)44-35-20-10-11-21-36(35)45-41/h2-27,40,44H,1H3. The summed E-state index contributed by atoms with van der Waals surface area (Å²) >= 11 is 1.88. The van der Waals surface area contributed by atoms with Crippen LogP contribution in [0.1, 0.15) is 22.7 Å². The number of aromatic nitrogens is 1. The van der Waals surface area contributed by atoms with E-state index in [-0.39, 0.29) is 6.04 Å². The lowest BCUT2D eigenvalue weighted by molar-refractivity contribution is 1.01. The molecule has 0 saturated carbocycles. The maximum Gasteiger partial charge on any atom is 0.0947 e. The molecule has 3 heterocycles. The van der Waals surface area contributed by atoms with E-state index < -0.39 is 0 Å². The van der Waals surface area contributed by atoms with Crippen LogP contribution in [0.5, 0.6) is 0 Å². The summed E-state index contributed by atoms with van der Waals surface area (Å²) in [4.78, 5) is 6.52. The Kier molecular flexibility index (Phi) is 6.61. The molecule has 0 amide bonds. The van der Waals surface area contributed by atoms with E-state index in [0.29, 0.717) is 0 Å². The van der Waals surface area contributed by atoms with Crippen molar-refractivity contribution < 1.29 is 0 Å². The molecule has 47 heavy (non-hydrogen) atoms. The summed E-state index contributed by atoms with van der Waals surface area (Å²) < 4.78 is 3.77. The summed E-state index contributed by atoms with van der Waals surface area (Å²) in [5, 5.41) is 6.33. The van der Waals surface area contributed by atoms with Crippen LogP contribution in [0.2, 0.25) is 0 Å². The molecule has 0 spiro atoms. The lowest BCUT2D eigenvalue weighted by atomic mass is 9.94. The van der Waals surface area contributed by atoms with Gasteiger partial charge in [-0.1, -0.05) is 121 Å². The predicted molar refractivity (Wildman–Crippen MR) is 200 cm³/mol. The van der Waals surface area contributed by atoms with Crippen molar-refractivity contribution in [3.8, 4) is 27.4 Å². The minimum atomic E-state index is -0.0502. The van der Waals surface area contributed by atoms with Crippen molar-refractivity contribution in [2.45, 2.75) is 13.0 Å². The fourth-order valence-electron chi connectivity index (χ4n) is 7.03. The van der Waals surface area contributed by atoms with Gasteiger partial charge >= 0.3 is 0 Å². The number of nitrogens with one attached hydrogen (secondary N) is 1. The van der Waals surface area contributed by atoms with Gasteiger partial charge in [0.15, 0.2) is 0 Å². The Hall–Kier alpha value is -5.71. The third-order valence-corrected chi connectivity index (χ3v) is 10.5. The largest absolute Gasteiger partial charge is 0.371 e. The van der Waals surface area contributed by atoms with E-state index in [1.54, 1.807) is 0 Å². The molecule has 0 bridgehead atoms. The summed E-state index contributed by atoms with van der Waals surface area (Å²) in [5.74, 6) is 0. The number of nitrogens with zero attached hydrogens (tertiary/aromatic N) is 2. The van der Waals surface area contributed by atoms with Crippen molar-refractivity contribution in [3.63, 3.8) is 0 Å². The van der Waals surface area contributed by atoms with Gasteiger partial charge in [0.1, 0.15) is 0 Å². The molecule has 6 aromatic carbocycles. The first kappa shape index (κ1) is 27.6. The quantitative estimate of drug-likeness (QED) is 0.204. The number of hydrogen-bond donors (Lipinski definition) is 1. The second kappa shape index (κ2) is 11.3. The molecule has 9 rings (SSSR count). The highest BCUT2D eigenvalue weighted by Gasteiger charge is 2.27. The van der Waals surface area contributed by atoms with Crippen LogP contribution >= 0.6 is 11.3 Å². The number of hydrogen-bond acceptors (Lipinski definition) is 3. The first-order valence-electron chi connectivity index (χ1n) is 16.0. The number of rotatable bonds is 5. The van der Waals surface area contributed by atoms with Gasteiger partial charge in [0.25, 0.3) is 0 Å². The molecule has 0 saturated heterocycles. The molecule has 8 aromatic rings. The van der Waals surface area contributed by atoms with Crippen molar-refractivity contribution in [1.29, 1.82) is 0 Å². The highest BCUT2D eigenvalue weighted by Crippen LogP contribution is 2.48. The van der Waals surface area contributed by atoms with E-state index in [4.69, 9.17) is 4.99 Å². The highest BCUT2D eigenvalue weighted by molar-refractivity contribution is 7.22. The smallest absolute Gasteiger partial charge is 0.0947 e. The molecular formula is C43H31N3S. The zero-order chi connectivity index (χ0) is 31.3. The van der Waals surface area contributed by atoms with Crippen LogP contribution in [0.4, 0.5) is 11.4 Å². The van der Waals surface area contributed by atoms with Gasteiger partial charge in [-0.15, -0.1) is 11.3 Å². The third kappa shape index (κ3) is 4.60. The van der Waals surface area contributed by atoms with E-state index in [1.807, 2.05) is 17.4 Å². The van der Waals surface area contributed by atoms with Crippen LogP contribution < -0.4 is 5.32 Å². The van der Waals surface area contributed by atoms with Crippen LogP contribution in [0.15, 0.2) is 163 Å². The van der Waals surface area contributed by atoms with Gasteiger partial charge in [0.2, 0.25) is 0 Å². The molecule has 1 aliphatic heterocycles. The van der Waals surface area contributed by atoms with Gasteiger partial charge in [0.05, 0.1) is 39.2 Å². The van der Waals surface area contributed by atoms with Crippen LogP contribution in [-0.4, -0.2) is 10.3 Å². The molecule has 0 aliphatic carbocycles. The Morgan fingerprint density at radius 1 is 0.617 bits per heavy atom. The van der Waals surface area contributed by atoms with Crippen LogP contribution in [0, 0.1) is 6.92 Å². The maximum atomic E-state index is 5.22. The molecule has 224 valence electrons. The summed E-state index contributed by atoms with van der Waals surface area (Å²) in [6.07, 6.45) is 0. The minimum Gasteiger partial charge on any atom is -0.371 e. The van der Waals surface area contributed by atoms with Gasteiger partial charge in [-0.3, -0.25) is 0 Å². The number of benzene rings is 6. The Bertz CT molecular complexity index is 2430. The van der Waals surface area contributed by atoms with Crippen molar-refractivity contribution in [2.24, 2.45) is 4.99 Å². The molecule has 1 unspecified atom stereocenters. The Labute approximate surface area is 278 Å². The van der Waals surface area contributed by atoms with E-state index in [0.717, 1.165) is 28.3 Å². The molecule has 1 N–H and O–H groups in total. The summed E-state index contributed by atoms with van der Waals surface area (Å²) in [5.41, 5.74) is 12.7. The number of fused-ring (bicyclic) bond motifs is 3. The first-order valence-corrected chi connectivity index (χ1v) is 16.8.